The summed E-state index contributed by atoms with van der Waals surface area (Å²) in [4.78, 5) is 14.9. The summed E-state index contributed by atoms with van der Waals surface area (Å²) in [5.41, 5.74) is 1.80. The van der Waals surface area contributed by atoms with E-state index in [2.05, 4.69) is 10.4 Å². The van der Waals surface area contributed by atoms with Crippen molar-refractivity contribution < 1.29 is 13.2 Å². The van der Waals surface area contributed by atoms with Gasteiger partial charge in [-0.25, -0.2) is 8.42 Å². The first-order chi connectivity index (χ1) is 12.8. The lowest BCUT2D eigenvalue weighted by Crippen LogP contribution is -2.52. The Morgan fingerprint density at radius 3 is 2.30 bits per heavy atom. The molecule has 1 aromatic carbocycles. The Balaban J connectivity index is 1.67. The van der Waals surface area contributed by atoms with Crippen LogP contribution in [0, 0.1) is 6.92 Å². The van der Waals surface area contributed by atoms with Crippen molar-refractivity contribution >= 4 is 15.9 Å². The molecular formula is C18H25N5O3S. The molecule has 9 heteroatoms. The number of nitrogens with one attached hydrogen (secondary N) is 1. The zero-order chi connectivity index (χ0) is 19.6. The number of amides is 1. The van der Waals surface area contributed by atoms with Crippen LogP contribution in [0.15, 0.2) is 41.6 Å². The molecule has 27 heavy (non-hydrogen) atoms. The Hall–Kier alpha value is -2.23. The van der Waals surface area contributed by atoms with Crippen LogP contribution in [0.3, 0.4) is 0 Å². The monoisotopic (exact) mass is 391 g/mol. The van der Waals surface area contributed by atoms with Gasteiger partial charge in [-0.05, 0) is 26.1 Å². The van der Waals surface area contributed by atoms with Gasteiger partial charge >= 0.3 is 0 Å². The van der Waals surface area contributed by atoms with Crippen LogP contribution in [-0.4, -0.2) is 66.5 Å². The third-order valence-electron chi connectivity index (χ3n) is 4.80. The Morgan fingerprint density at radius 2 is 1.78 bits per heavy atom. The van der Waals surface area contributed by atoms with E-state index in [0.29, 0.717) is 13.1 Å². The van der Waals surface area contributed by atoms with Crippen LogP contribution in [0.25, 0.3) is 0 Å². The first-order valence-corrected chi connectivity index (χ1v) is 10.3. The van der Waals surface area contributed by atoms with E-state index in [1.807, 2.05) is 6.92 Å². The van der Waals surface area contributed by atoms with Crippen LogP contribution in [0.4, 0.5) is 0 Å². The van der Waals surface area contributed by atoms with Gasteiger partial charge in [-0.1, -0.05) is 17.7 Å². The van der Waals surface area contributed by atoms with Crippen molar-refractivity contribution in [2.75, 3.05) is 33.2 Å². The van der Waals surface area contributed by atoms with Gasteiger partial charge in [-0.3, -0.25) is 9.48 Å². The van der Waals surface area contributed by atoms with Gasteiger partial charge in [0.15, 0.2) is 0 Å². The maximum Gasteiger partial charge on any atom is 0.244 e. The molecule has 0 saturated carbocycles. The topological polar surface area (TPSA) is 87.5 Å². The molecule has 146 valence electrons. The Morgan fingerprint density at radius 1 is 1.15 bits per heavy atom. The van der Waals surface area contributed by atoms with E-state index >= 15 is 0 Å². The largest absolute Gasteiger partial charge is 0.338 e. The fourth-order valence-electron chi connectivity index (χ4n) is 3.21. The molecule has 0 radical (unpaired) electrons. The van der Waals surface area contributed by atoms with Crippen LogP contribution in [0.1, 0.15) is 17.2 Å². The first kappa shape index (κ1) is 19.5. The van der Waals surface area contributed by atoms with E-state index in [0.717, 1.165) is 11.1 Å². The van der Waals surface area contributed by atoms with Gasteiger partial charge in [0, 0.05) is 45.0 Å². The molecule has 2 aromatic rings. The molecule has 2 heterocycles. The molecular weight excluding hydrogens is 366 g/mol. The molecule has 1 atom stereocenters. The first-order valence-electron chi connectivity index (χ1n) is 8.84. The lowest BCUT2D eigenvalue weighted by atomic mass is 10.1. The summed E-state index contributed by atoms with van der Waals surface area (Å²) in [6.45, 7) is 3.21. The highest BCUT2D eigenvalue weighted by molar-refractivity contribution is 7.89. The summed E-state index contributed by atoms with van der Waals surface area (Å²) < 4.78 is 28.7. The van der Waals surface area contributed by atoms with Gasteiger partial charge in [0.25, 0.3) is 0 Å². The van der Waals surface area contributed by atoms with E-state index < -0.39 is 16.1 Å². The Labute approximate surface area is 159 Å². The number of hydrogen-bond acceptors (Lipinski definition) is 5. The highest BCUT2D eigenvalue weighted by Crippen LogP contribution is 2.20. The summed E-state index contributed by atoms with van der Waals surface area (Å²) in [5.74, 6) is -0.0714. The Bertz CT molecular complexity index is 899. The molecule has 1 aliphatic heterocycles. The van der Waals surface area contributed by atoms with Gasteiger partial charge in [0.05, 0.1) is 11.1 Å². The summed E-state index contributed by atoms with van der Waals surface area (Å²) in [7, 11) is -0.00533. The van der Waals surface area contributed by atoms with Crippen molar-refractivity contribution in [3.8, 4) is 0 Å². The third kappa shape index (κ3) is 4.05. The fourth-order valence-corrected chi connectivity index (χ4v) is 4.63. The van der Waals surface area contributed by atoms with Crippen molar-refractivity contribution in [2.45, 2.75) is 17.9 Å². The zero-order valence-electron chi connectivity index (χ0n) is 15.8. The van der Waals surface area contributed by atoms with Crippen molar-refractivity contribution in [3.05, 3.63) is 47.8 Å². The van der Waals surface area contributed by atoms with E-state index in [9.17, 15) is 13.2 Å². The van der Waals surface area contributed by atoms with Crippen molar-refractivity contribution in [1.29, 1.82) is 0 Å². The normalized spacial score (nSPS) is 17.1. The molecule has 1 N–H and O–H groups in total. The van der Waals surface area contributed by atoms with Crippen LogP contribution in [0.2, 0.25) is 0 Å². The van der Waals surface area contributed by atoms with Gasteiger partial charge in [-0.15, -0.1) is 0 Å². The van der Waals surface area contributed by atoms with E-state index in [1.54, 1.807) is 60.3 Å². The van der Waals surface area contributed by atoms with Crippen molar-refractivity contribution in [1.82, 2.24) is 24.3 Å². The summed E-state index contributed by atoms with van der Waals surface area (Å²) >= 11 is 0. The minimum absolute atomic E-state index is 0.0714. The molecule has 1 aromatic heterocycles. The van der Waals surface area contributed by atoms with Crippen LogP contribution < -0.4 is 5.32 Å². The van der Waals surface area contributed by atoms with Crippen LogP contribution >= 0.6 is 0 Å². The summed E-state index contributed by atoms with van der Waals surface area (Å²) in [6, 6.07) is 6.35. The number of benzene rings is 1. The second-order valence-corrected chi connectivity index (χ2v) is 8.65. The number of piperazine rings is 1. The predicted octanol–water partition coefficient (Wildman–Crippen LogP) is 0.522. The highest BCUT2D eigenvalue weighted by atomic mass is 32.2. The van der Waals surface area contributed by atoms with Gasteiger partial charge < -0.3 is 10.2 Å². The van der Waals surface area contributed by atoms with Crippen LogP contribution in [0.5, 0.6) is 0 Å². The predicted molar refractivity (Wildman–Crippen MR) is 102 cm³/mol. The molecule has 0 spiro atoms. The minimum atomic E-state index is -3.54. The third-order valence-corrected chi connectivity index (χ3v) is 6.72. The average Bonchev–Trinajstić information content (AvgIpc) is 3.08. The second kappa shape index (κ2) is 7.79. The van der Waals surface area contributed by atoms with Gasteiger partial charge in [0.1, 0.15) is 6.04 Å². The number of aryl methyl sites for hydroxylation is 2. The molecule has 0 aliphatic carbocycles. The minimum Gasteiger partial charge on any atom is -0.338 e. The number of sulfonamides is 1. The molecule has 1 unspecified atom stereocenters. The maximum atomic E-state index is 12.9. The van der Waals surface area contributed by atoms with E-state index in [-0.39, 0.29) is 23.9 Å². The number of rotatable bonds is 5. The number of hydrogen-bond donors (Lipinski definition) is 1. The Kier molecular flexibility index (Phi) is 5.64. The zero-order valence-corrected chi connectivity index (χ0v) is 16.6. The molecule has 1 aliphatic rings. The highest BCUT2D eigenvalue weighted by Gasteiger charge is 2.32. The fraction of sp³-hybridized carbons (Fsp3) is 0.444. The smallest absolute Gasteiger partial charge is 0.244 e. The average molecular weight is 391 g/mol. The molecule has 1 fully saturated rings. The van der Waals surface area contributed by atoms with Gasteiger partial charge in [-0.2, -0.15) is 9.40 Å². The van der Waals surface area contributed by atoms with Gasteiger partial charge in [0.2, 0.25) is 15.9 Å². The standard InChI is InChI=1S/C18H25N5O3S/c1-14-4-6-16(7-5-14)27(25,26)23-10-8-22(9-11-23)18(24)17(19-2)15-12-20-21(3)13-15/h4-7,12-13,17,19H,8-11H2,1-3H3. The lowest BCUT2D eigenvalue weighted by Gasteiger charge is -2.35. The molecule has 1 amide bonds. The molecule has 3 rings (SSSR count). The maximum absolute atomic E-state index is 12.9. The summed E-state index contributed by atoms with van der Waals surface area (Å²) in [5, 5.41) is 7.14. The van der Waals surface area contributed by atoms with Crippen molar-refractivity contribution in [2.24, 2.45) is 7.05 Å². The number of aromatic nitrogens is 2. The second-order valence-electron chi connectivity index (χ2n) is 6.71. The van der Waals surface area contributed by atoms with E-state index in [1.165, 1.54) is 4.31 Å². The number of carbonyl (C=O) groups is 1. The molecule has 8 nitrogen and oxygen atoms in total. The van der Waals surface area contributed by atoms with E-state index in [4.69, 9.17) is 0 Å². The molecule has 0 bridgehead atoms. The number of likely N-dealkylation sites (N-methyl/N-ethyl adjacent to an activating group) is 1. The van der Waals surface area contributed by atoms with Crippen molar-refractivity contribution in [3.63, 3.8) is 0 Å². The number of carbonyl (C=O) groups excluding carboxylic acids is 1. The quantitative estimate of drug-likeness (QED) is 0.803. The molecule has 1 saturated heterocycles. The van der Waals surface area contributed by atoms with Crippen LogP contribution in [-0.2, 0) is 21.9 Å². The summed E-state index contributed by atoms with van der Waals surface area (Å²) in [6.07, 6.45) is 3.47. The number of nitrogens with zero attached hydrogens (tertiary/aromatic N) is 4. The lowest BCUT2D eigenvalue weighted by molar-refractivity contribution is -0.134. The SMILES string of the molecule is CNC(C(=O)N1CCN(S(=O)(=O)c2ccc(C)cc2)CC1)c1cnn(C)c1.